The van der Waals surface area contributed by atoms with E-state index in [2.05, 4.69) is 0 Å². The Morgan fingerprint density at radius 1 is 0.513 bits per heavy atom. The molecule has 0 heterocycles. The Morgan fingerprint density at radius 2 is 0.667 bits per heavy atom. The number of aliphatic hydroxyl groups is 10. The van der Waals surface area contributed by atoms with E-state index in [0.717, 1.165) is 0 Å². The first-order chi connectivity index (χ1) is 15.8. The first-order valence-electron chi connectivity index (χ1n) is 8.24. The predicted molar refractivity (Wildman–Crippen MR) is 110 cm³/mol. The molecular formula is C12H22Ca3O22S2. The Labute approximate surface area is 309 Å². The van der Waals surface area contributed by atoms with Gasteiger partial charge in [0.2, 0.25) is 0 Å². The second-order valence-electron chi connectivity index (χ2n) is 5.81. The van der Waals surface area contributed by atoms with Gasteiger partial charge >= 0.3 is 113 Å². The molecule has 0 aliphatic carbocycles. The molecular weight excluding hydrogens is 680 g/mol. The van der Waals surface area contributed by atoms with Crippen LogP contribution in [0.3, 0.4) is 0 Å². The van der Waals surface area contributed by atoms with Crippen molar-refractivity contribution in [3.05, 3.63) is 0 Å². The number of hydrogen-bond acceptors (Lipinski definition) is 22. The summed E-state index contributed by atoms with van der Waals surface area (Å²) in [7, 11) is -10.3. The summed E-state index contributed by atoms with van der Waals surface area (Å²) in [6, 6.07) is 0. The van der Waals surface area contributed by atoms with Crippen molar-refractivity contribution in [3.63, 3.8) is 0 Å². The van der Waals surface area contributed by atoms with Gasteiger partial charge in [-0.25, -0.2) is 0 Å². The summed E-state index contributed by atoms with van der Waals surface area (Å²) in [5, 5.41) is 107. The molecule has 0 aromatic carbocycles. The first-order valence-corrected chi connectivity index (χ1v) is 10.9. The number of aliphatic hydroxyl groups excluding tert-OH is 10. The van der Waals surface area contributed by atoms with Gasteiger partial charge in [0.25, 0.3) is 0 Å². The maximum atomic E-state index is 9.98. The van der Waals surface area contributed by atoms with Gasteiger partial charge in [-0.05, 0) is 0 Å². The third-order valence-corrected chi connectivity index (χ3v) is 2.99. The third-order valence-electron chi connectivity index (χ3n) is 2.99. The van der Waals surface area contributed by atoms with E-state index in [4.69, 9.17) is 86.1 Å². The van der Waals surface area contributed by atoms with Crippen molar-refractivity contribution in [2.45, 2.75) is 48.8 Å². The first kappa shape index (κ1) is 56.8. The fraction of sp³-hybridized carbons (Fsp3) is 0.833. The van der Waals surface area contributed by atoms with E-state index in [1.54, 1.807) is 0 Å². The largest absolute Gasteiger partial charge is 2.00 e. The Kier molecular flexibility index (Phi) is 42.0. The monoisotopic (exact) mass is 702 g/mol. The quantitative estimate of drug-likeness (QED) is 0.0573. The molecule has 10 N–H and O–H groups in total. The zero-order valence-electron chi connectivity index (χ0n) is 19.3. The van der Waals surface area contributed by atoms with E-state index in [1.807, 2.05) is 0 Å². The van der Waals surface area contributed by atoms with Crippen LogP contribution in [0, 0.1) is 0 Å². The summed E-state index contributed by atoms with van der Waals surface area (Å²) in [6.07, 6.45) is -16.2. The van der Waals surface area contributed by atoms with Gasteiger partial charge in [0, 0.05) is 20.8 Å². The fourth-order valence-corrected chi connectivity index (χ4v) is 1.32. The number of hydrogen-bond donors (Lipinski definition) is 10. The number of carbonyl (C=O) groups is 2. The molecule has 0 saturated carbocycles. The summed E-state index contributed by atoms with van der Waals surface area (Å²) >= 11 is 0. The van der Waals surface area contributed by atoms with Crippen molar-refractivity contribution in [2.75, 3.05) is 13.2 Å². The normalized spacial score (nSPS) is 16.6. The SMILES string of the molecule is O=C([O-])[C@H](O)[C@@H](O)[C@H](O)[C@H](O)CO.O=C([O-])[C@H](O)[C@@H](O)[C@H](O)[C@H](O)CO.O=S(=O)([O-])[O-].O=S(=O)([O-])[O-].[Ca+2].[Ca+2].[Ca+2]. The number of carboxylic acid groups (broad SMARTS) is 2. The molecule has 0 saturated heterocycles. The van der Waals surface area contributed by atoms with Gasteiger partial charge < -0.3 is 89.1 Å². The molecule has 22 nitrogen and oxygen atoms in total. The molecule has 0 amide bonds. The van der Waals surface area contributed by atoms with Crippen LogP contribution in [0.1, 0.15) is 0 Å². The molecule has 8 atom stereocenters. The molecule has 0 spiro atoms. The van der Waals surface area contributed by atoms with Gasteiger partial charge in [0.1, 0.15) is 48.8 Å². The molecule has 0 fully saturated rings. The van der Waals surface area contributed by atoms with E-state index >= 15 is 0 Å². The van der Waals surface area contributed by atoms with Gasteiger partial charge in [0.05, 0.1) is 25.2 Å². The van der Waals surface area contributed by atoms with Crippen molar-refractivity contribution < 1.29 is 106 Å². The van der Waals surface area contributed by atoms with Gasteiger partial charge in [-0.15, -0.1) is 0 Å². The van der Waals surface area contributed by atoms with Gasteiger partial charge in [0.15, 0.2) is 0 Å². The van der Waals surface area contributed by atoms with Crippen LogP contribution in [0.2, 0.25) is 0 Å². The Morgan fingerprint density at radius 3 is 0.769 bits per heavy atom. The summed E-state index contributed by atoms with van der Waals surface area (Å²) in [6.45, 7) is -1.73. The molecule has 0 radical (unpaired) electrons. The average Bonchev–Trinajstić information content (AvgIpc) is 2.72. The van der Waals surface area contributed by atoms with Crippen LogP contribution in [-0.4, -0.2) is 273 Å². The second-order valence-corrected chi connectivity index (χ2v) is 7.44. The summed E-state index contributed by atoms with van der Waals surface area (Å²) in [4.78, 5) is 20.0. The molecule has 0 aliphatic rings. The van der Waals surface area contributed by atoms with E-state index in [9.17, 15) is 19.8 Å². The maximum absolute atomic E-state index is 9.98. The minimum atomic E-state index is -5.17. The summed E-state index contributed by atoms with van der Waals surface area (Å²) in [5.41, 5.74) is 0. The van der Waals surface area contributed by atoms with Crippen molar-refractivity contribution in [1.82, 2.24) is 0 Å². The third kappa shape index (κ3) is 40.1. The van der Waals surface area contributed by atoms with Gasteiger partial charge in [-0.1, -0.05) is 0 Å². The topological polar surface area (TPSA) is 443 Å². The minimum Gasteiger partial charge on any atom is -0.759 e. The Hall–Kier alpha value is 2.06. The molecule has 0 aliphatic heterocycles. The van der Waals surface area contributed by atoms with E-state index in [0.29, 0.717) is 0 Å². The van der Waals surface area contributed by atoms with E-state index in [-0.39, 0.29) is 113 Å². The average molecular weight is 703 g/mol. The van der Waals surface area contributed by atoms with Crippen LogP contribution >= 0.6 is 0 Å². The van der Waals surface area contributed by atoms with Crippen molar-refractivity contribution in [3.8, 4) is 0 Å². The maximum Gasteiger partial charge on any atom is 2.00 e. The number of carbonyl (C=O) groups excluding carboxylic acids is 2. The zero-order valence-corrected chi connectivity index (χ0v) is 27.6. The van der Waals surface area contributed by atoms with Crippen LogP contribution in [0.25, 0.3) is 0 Å². The van der Waals surface area contributed by atoms with Crippen molar-refractivity contribution in [1.29, 1.82) is 0 Å². The molecule has 220 valence electrons. The predicted octanol–water partition coefficient (Wildman–Crippen LogP) is -13.5. The summed E-state index contributed by atoms with van der Waals surface area (Å²) in [5.74, 6) is -3.95. The standard InChI is InChI=1S/2C6H12O7.3Ca.2H2O4S/c2*7-1-2(8)3(9)4(10)5(11)6(12)13;;;;2*1-5(2,3)4/h2*2-5,7-11H,1H2,(H,12,13);;;;2*(H2,1,2,3,4)/q;;3*+2;;/p-6/t2*2-,3-,4+,5-;;;;;/m11...../s1. The molecule has 0 bridgehead atoms. The number of carboxylic acids is 2. The van der Waals surface area contributed by atoms with Crippen LogP contribution in [0.4, 0.5) is 0 Å². The molecule has 27 heteroatoms. The van der Waals surface area contributed by atoms with Crippen LogP contribution in [0.5, 0.6) is 0 Å². The molecule has 0 rings (SSSR count). The smallest absolute Gasteiger partial charge is 0.759 e. The summed E-state index contributed by atoms with van der Waals surface area (Å²) < 4.78 is 68.2. The van der Waals surface area contributed by atoms with Crippen LogP contribution < -0.4 is 10.2 Å². The zero-order chi connectivity index (χ0) is 30.2. The van der Waals surface area contributed by atoms with Crippen LogP contribution in [0.15, 0.2) is 0 Å². The van der Waals surface area contributed by atoms with E-state index < -0.39 is 94.8 Å². The second kappa shape index (κ2) is 28.8. The molecule has 39 heavy (non-hydrogen) atoms. The minimum absolute atomic E-state index is 0. The molecule has 0 unspecified atom stereocenters. The number of aliphatic carboxylic acids is 2. The van der Waals surface area contributed by atoms with Crippen molar-refractivity contribution >= 4 is 146 Å². The Balaban J connectivity index is -0.0000000741. The van der Waals surface area contributed by atoms with Gasteiger partial charge in [-0.2, -0.15) is 0 Å². The van der Waals surface area contributed by atoms with Crippen LogP contribution in [-0.2, 0) is 30.4 Å². The van der Waals surface area contributed by atoms with E-state index in [1.165, 1.54) is 0 Å². The van der Waals surface area contributed by atoms with Gasteiger partial charge in [-0.3, -0.25) is 16.8 Å². The van der Waals surface area contributed by atoms with Crippen molar-refractivity contribution in [2.24, 2.45) is 0 Å². The Bertz CT molecular complexity index is 742. The fourth-order valence-electron chi connectivity index (χ4n) is 1.32. The molecule has 0 aromatic heterocycles. The molecule has 0 aromatic rings. The number of rotatable bonds is 10.